The number of benzene rings is 2. The fourth-order valence-electron chi connectivity index (χ4n) is 2.47. The topological polar surface area (TPSA) is 9.23 Å². The van der Waals surface area contributed by atoms with Crippen LogP contribution in [0.15, 0.2) is 42.5 Å². The van der Waals surface area contributed by atoms with Crippen LogP contribution in [0.1, 0.15) is 36.5 Å². The van der Waals surface area contributed by atoms with Gasteiger partial charge in [-0.3, -0.25) is 0 Å². The summed E-state index contributed by atoms with van der Waals surface area (Å²) in [6, 6.07) is 14.6. The Morgan fingerprint density at radius 2 is 1.71 bits per heavy atom. The first-order valence-electron chi connectivity index (χ1n) is 6.13. The Morgan fingerprint density at radius 3 is 2.53 bits per heavy atom. The van der Waals surface area contributed by atoms with Gasteiger partial charge in [0.15, 0.2) is 0 Å². The van der Waals surface area contributed by atoms with Gasteiger partial charge in [-0.1, -0.05) is 44.2 Å². The molecule has 86 valence electrons. The zero-order valence-corrected chi connectivity index (χ0v) is 10.2. The van der Waals surface area contributed by atoms with Crippen molar-refractivity contribution >= 4 is 0 Å². The summed E-state index contributed by atoms with van der Waals surface area (Å²) in [5, 5.41) is 0. The fraction of sp³-hybridized carbons (Fsp3) is 0.250. The van der Waals surface area contributed by atoms with Gasteiger partial charge in [0.05, 0.1) is 0 Å². The molecular formula is C16H16O. The number of hydrogen-bond acceptors (Lipinski definition) is 1. The maximum atomic E-state index is 5.97. The van der Waals surface area contributed by atoms with Crippen molar-refractivity contribution in [2.45, 2.75) is 26.2 Å². The van der Waals surface area contributed by atoms with Gasteiger partial charge in [0.25, 0.3) is 0 Å². The predicted octanol–water partition coefficient (Wildman–Crippen LogP) is 4.51. The Kier molecular flexibility index (Phi) is 2.40. The van der Waals surface area contributed by atoms with Crippen molar-refractivity contribution in [3.05, 3.63) is 59.2 Å². The highest BCUT2D eigenvalue weighted by Gasteiger charge is 2.19. The number of rotatable bonds is 1. The molecule has 1 heterocycles. The van der Waals surface area contributed by atoms with E-state index in [1.54, 1.807) is 0 Å². The molecule has 0 aromatic heterocycles. The first-order valence-corrected chi connectivity index (χ1v) is 6.13. The van der Waals surface area contributed by atoms with Crippen LogP contribution in [0.3, 0.4) is 0 Å². The summed E-state index contributed by atoms with van der Waals surface area (Å²) in [4.78, 5) is 0. The van der Waals surface area contributed by atoms with E-state index in [4.69, 9.17) is 4.74 Å². The fourth-order valence-corrected chi connectivity index (χ4v) is 2.47. The first kappa shape index (κ1) is 10.4. The van der Waals surface area contributed by atoms with Gasteiger partial charge in [-0.15, -0.1) is 0 Å². The summed E-state index contributed by atoms with van der Waals surface area (Å²) < 4.78 is 5.97. The molecule has 17 heavy (non-hydrogen) atoms. The van der Waals surface area contributed by atoms with E-state index in [9.17, 15) is 0 Å². The molecule has 0 radical (unpaired) electrons. The monoisotopic (exact) mass is 224 g/mol. The largest absolute Gasteiger partial charge is 0.457 e. The van der Waals surface area contributed by atoms with E-state index in [1.165, 1.54) is 16.7 Å². The van der Waals surface area contributed by atoms with Gasteiger partial charge in [-0.25, -0.2) is 0 Å². The van der Waals surface area contributed by atoms with Crippen molar-refractivity contribution in [3.8, 4) is 11.5 Å². The third-order valence-electron chi connectivity index (χ3n) is 3.35. The van der Waals surface area contributed by atoms with E-state index in [0.717, 1.165) is 17.9 Å². The molecule has 0 bridgehead atoms. The smallest absolute Gasteiger partial charge is 0.131 e. The first-order chi connectivity index (χ1) is 8.25. The molecule has 2 aromatic carbocycles. The minimum atomic E-state index is 0.541. The molecule has 0 spiro atoms. The number of ether oxygens (including phenoxy) is 1. The van der Waals surface area contributed by atoms with Crippen molar-refractivity contribution in [1.82, 2.24) is 0 Å². The van der Waals surface area contributed by atoms with Gasteiger partial charge in [0, 0.05) is 12.0 Å². The minimum absolute atomic E-state index is 0.541. The van der Waals surface area contributed by atoms with Crippen LogP contribution in [0.25, 0.3) is 0 Å². The van der Waals surface area contributed by atoms with Crippen LogP contribution >= 0.6 is 0 Å². The van der Waals surface area contributed by atoms with Crippen molar-refractivity contribution in [2.75, 3.05) is 0 Å². The van der Waals surface area contributed by atoms with E-state index >= 15 is 0 Å². The second-order valence-electron chi connectivity index (χ2n) is 4.87. The maximum Gasteiger partial charge on any atom is 0.131 e. The third-order valence-corrected chi connectivity index (χ3v) is 3.35. The zero-order chi connectivity index (χ0) is 11.8. The van der Waals surface area contributed by atoms with E-state index in [-0.39, 0.29) is 0 Å². The summed E-state index contributed by atoms with van der Waals surface area (Å²) in [5.41, 5.74) is 4.03. The Bertz CT molecular complexity index is 555. The highest BCUT2D eigenvalue weighted by atomic mass is 16.5. The summed E-state index contributed by atoms with van der Waals surface area (Å²) in [7, 11) is 0. The van der Waals surface area contributed by atoms with E-state index in [1.807, 2.05) is 12.1 Å². The van der Waals surface area contributed by atoms with E-state index < -0.39 is 0 Å². The van der Waals surface area contributed by atoms with Gasteiger partial charge in [-0.05, 0) is 29.2 Å². The van der Waals surface area contributed by atoms with Crippen molar-refractivity contribution in [1.29, 1.82) is 0 Å². The number of para-hydroxylation sites is 1. The Labute approximate surface area is 102 Å². The van der Waals surface area contributed by atoms with E-state index in [0.29, 0.717) is 5.92 Å². The van der Waals surface area contributed by atoms with Crippen molar-refractivity contribution in [2.24, 2.45) is 0 Å². The highest BCUT2D eigenvalue weighted by Crippen LogP contribution is 2.39. The normalized spacial score (nSPS) is 12.9. The molecule has 3 rings (SSSR count). The lowest BCUT2D eigenvalue weighted by Gasteiger charge is -2.23. The minimum Gasteiger partial charge on any atom is -0.457 e. The Balaban J connectivity index is 2.12. The highest BCUT2D eigenvalue weighted by molar-refractivity contribution is 5.53. The summed E-state index contributed by atoms with van der Waals surface area (Å²) >= 11 is 0. The van der Waals surface area contributed by atoms with Crippen LogP contribution in [0.2, 0.25) is 0 Å². The SMILES string of the molecule is CC(C)c1cccc2c1Cc1ccccc1O2. The second-order valence-corrected chi connectivity index (χ2v) is 4.87. The van der Waals surface area contributed by atoms with Crippen LogP contribution in [-0.4, -0.2) is 0 Å². The molecule has 0 amide bonds. The number of fused-ring (bicyclic) bond motifs is 2. The summed E-state index contributed by atoms with van der Waals surface area (Å²) in [6.45, 7) is 4.46. The Hall–Kier alpha value is -1.76. The van der Waals surface area contributed by atoms with Gasteiger partial charge in [0.1, 0.15) is 11.5 Å². The lowest BCUT2D eigenvalue weighted by Crippen LogP contribution is -2.06. The van der Waals surface area contributed by atoms with Gasteiger partial charge in [-0.2, -0.15) is 0 Å². The molecule has 2 aromatic rings. The molecule has 0 fully saturated rings. The van der Waals surface area contributed by atoms with E-state index in [2.05, 4.69) is 44.2 Å². The van der Waals surface area contributed by atoms with Crippen LogP contribution in [0.5, 0.6) is 11.5 Å². The molecular weight excluding hydrogens is 208 g/mol. The predicted molar refractivity (Wildman–Crippen MR) is 69.9 cm³/mol. The Morgan fingerprint density at radius 1 is 0.941 bits per heavy atom. The maximum absolute atomic E-state index is 5.97. The second kappa shape index (κ2) is 3.92. The molecule has 0 atom stereocenters. The molecule has 0 aliphatic carbocycles. The molecule has 0 N–H and O–H groups in total. The van der Waals surface area contributed by atoms with Gasteiger partial charge < -0.3 is 4.74 Å². The van der Waals surface area contributed by atoms with Crippen LogP contribution in [0, 0.1) is 0 Å². The number of hydrogen-bond donors (Lipinski definition) is 0. The molecule has 0 saturated carbocycles. The average Bonchev–Trinajstić information content (AvgIpc) is 2.35. The average molecular weight is 224 g/mol. The lowest BCUT2D eigenvalue weighted by atomic mass is 9.90. The quantitative estimate of drug-likeness (QED) is 0.591. The molecule has 1 nitrogen and oxygen atoms in total. The molecule has 1 aliphatic rings. The van der Waals surface area contributed by atoms with Crippen LogP contribution < -0.4 is 4.74 Å². The molecule has 0 unspecified atom stereocenters. The molecule has 1 heteroatoms. The standard InChI is InChI=1S/C16H16O/c1-11(2)13-7-5-9-16-14(13)10-12-6-3-4-8-15(12)17-16/h3-9,11H,10H2,1-2H3. The summed E-state index contributed by atoms with van der Waals surface area (Å²) in [6.07, 6.45) is 0.986. The van der Waals surface area contributed by atoms with Gasteiger partial charge >= 0.3 is 0 Å². The van der Waals surface area contributed by atoms with Crippen LogP contribution in [-0.2, 0) is 6.42 Å². The molecule has 0 saturated heterocycles. The van der Waals surface area contributed by atoms with Crippen LogP contribution in [0.4, 0.5) is 0 Å². The van der Waals surface area contributed by atoms with Gasteiger partial charge in [0.2, 0.25) is 0 Å². The summed E-state index contributed by atoms with van der Waals surface area (Å²) in [5.74, 6) is 2.56. The molecule has 1 aliphatic heterocycles. The third kappa shape index (κ3) is 1.72. The van der Waals surface area contributed by atoms with Crippen molar-refractivity contribution < 1.29 is 4.74 Å². The lowest BCUT2D eigenvalue weighted by molar-refractivity contribution is 0.458. The van der Waals surface area contributed by atoms with Crippen molar-refractivity contribution in [3.63, 3.8) is 0 Å². The zero-order valence-electron chi connectivity index (χ0n) is 10.2.